The number of benzene rings is 1. The summed E-state index contributed by atoms with van der Waals surface area (Å²) in [5.74, 6) is 0. The van der Waals surface area contributed by atoms with E-state index in [2.05, 4.69) is 22.9 Å². The Morgan fingerprint density at radius 3 is 2.89 bits per heavy atom. The molecule has 98 valence electrons. The predicted octanol–water partition coefficient (Wildman–Crippen LogP) is 2.40. The number of aryl methyl sites for hydroxylation is 1. The third-order valence-electron chi connectivity index (χ3n) is 2.95. The first-order chi connectivity index (χ1) is 8.65. The van der Waals surface area contributed by atoms with Crippen LogP contribution in [0, 0.1) is 6.92 Å². The molecule has 18 heavy (non-hydrogen) atoms. The number of hydrogen-bond acceptors (Lipinski definition) is 5. The Hall–Kier alpha value is -1.33. The van der Waals surface area contributed by atoms with Crippen LogP contribution in [-0.2, 0) is 0 Å². The van der Waals surface area contributed by atoms with Crippen molar-refractivity contribution in [1.82, 2.24) is 4.98 Å². The van der Waals surface area contributed by atoms with E-state index in [1.54, 1.807) is 11.3 Å². The molecule has 1 heterocycles. The van der Waals surface area contributed by atoms with Crippen LogP contribution >= 0.6 is 11.3 Å². The molecule has 3 N–H and O–H groups in total. The standard InChI is InChI=1S/C13H19N3OS/c1-3-16(5-4-6-17)12-8-11-13(7-10(12)14)18-9(2)15-11/h7-8,17H,3-6,14H2,1-2H3. The molecular weight excluding hydrogens is 246 g/mol. The molecule has 4 nitrogen and oxygen atoms in total. The SMILES string of the molecule is CCN(CCCO)c1cc2nc(C)sc2cc1N. The minimum atomic E-state index is 0.203. The van der Waals surface area contributed by atoms with Gasteiger partial charge in [0.2, 0.25) is 0 Å². The highest BCUT2D eigenvalue weighted by atomic mass is 32.1. The van der Waals surface area contributed by atoms with Crippen molar-refractivity contribution in [3.05, 3.63) is 17.1 Å². The monoisotopic (exact) mass is 265 g/mol. The first-order valence-electron chi connectivity index (χ1n) is 6.18. The van der Waals surface area contributed by atoms with Crippen molar-refractivity contribution in [3.63, 3.8) is 0 Å². The van der Waals surface area contributed by atoms with Gasteiger partial charge in [-0.25, -0.2) is 4.98 Å². The predicted molar refractivity (Wildman–Crippen MR) is 78.4 cm³/mol. The van der Waals surface area contributed by atoms with Crippen molar-refractivity contribution in [2.24, 2.45) is 0 Å². The molecule has 0 unspecified atom stereocenters. The fourth-order valence-corrected chi connectivity index (χ4v) is 2.94. The van der Waals surface area contributed by atoms with Gasteiger partial charge in [0.25, 0.3) is 0 Å². The molecule has 0 aliphatic carbocycles. The van der Waals surface area contributed by atoms with E-state index in [1.807, 2.05) is 13.0 Å². The lowest BCUT2D eigenvalue weighted by atomic mass is 10.2. The number of fused-ring (bicyclic) bond motifs is 1. The van der Waals surface area contributed by atoms with Crippen LogP contribution in [0.2, 0.25) is 0 Å². The van der Waals surface area contributed by atoms with Gasteiger partial charge in [0.15, 0.2) is 0 Å². The molecule has 0 fully saturated rings. The molecule has 2 rings (SSSR count). The lowest BCUT2D eigenvalue weighted by molar-refractivity contribution is 0.289. The Kier molecular flexibility index (Phi) is 4.04. The molecule has 2 aromatic rings. The number of aliphatic hydroxyl groups excluding tert-OH is 1. The van der Waals surface area contributed by atoms with Crippen LogP contribution in [0.1, 0.15) is 18.4 Å². The lowest BCUT2D eigenvalue weighted by Gasteiger charge is -2.24. The second kappa shape index (κ2) is 5.54. The van der Waals surface area contributed by atoms with Crippen LogP contribution in [0.5, 0.6) is 0 Å². The van der Waals surface area contributed by atoms with Gasteiger partial charge in [-0.15, -0.1) is 11.3 Å². The second-order valence-electron chi connectivity index (χ2n) is 4.27. The number of nitrogens with zero attached hydrogens (tertiary/aromatic N) is 2. The molecule has 1 aromatic carbocycles. The summed E-state index contributed by atoms with van der Waals surface area (Å²) in [5.41, 5.74) is 8.92. The zero-order chi connectivity index (χ0) is 13.1. The van der Waals surface area contributed by atoms with Gasteiger partial charge in [0.05, 0.1) is 26.6 Å². The first kappa shape index (κ1) is 13.1. The first-order valence-corrected chi connectivity index (χ1v) is 6.99. The molecule has 0 saturated carbocycles. The van der Waals surface area contributed by atoms with Gasteiger partial charge in [-0.1, -0.05) is 0 Å². The van der Waals surface area contributed by atoms with Gasteiger partial charge in [-0.05, 0) is 32.4 Å². The van der Waals surface area contributed by atoms with Gasteiger partial charge in [-0.2, -0.15) is 0 Å². The molecule has 0 aliphatic heterocycles. The Labute approximate surface area is 111 Å². The summed E-state index contributed by atoms with van der Waals surface area (Å²) in [6.07, 6.45) is 0.751. The molecule has 0 bridgehead atoms. The van der Waals surface area contributed by atoms with E-state index in [9.17, 15) is 0 Å². The Balaban J connectivity index is 2.38. The quantitative estimate of drug-likeness (QED) is 0.815. The van der Waals surface area contributed by atoms with Crippen LogP contribution in [0.4, 0.5) is 11.4 Å². The third kappa shape index (κ3) is 2.57. The molecule has 1 aromatic heterocycles. The maximum atomic E-state index is 8.93. The fraction of sp³-hybridized carbons (Fsp3) is 0.462. The average molecular weight is 265 g/mol. The summed E-state index contributed by atoms with van der Waals surface area (Å²) in [7, 11) is 0. The van der Waals surface area contributed by atoms with Crippen LogP contribution in [0.25, 0.3) is 10.2 Å². The lowest BCUT2D eigenvalue weighted by Crippen LogP contribution is -2.25. The molecular formula is C13H19N3OS. The van der Waals surface area contributed by atoms with Crippen molar-refractivity contribution in [2.45, 2.75) is 20.3 Å². The van der Waals surface area contributed by atoms with Gasteiger partial charge in [0, 0.05) is 19.7 Å². The zero-order valence-corrected chi connectivity index (χ0v) is 11.6. The van der Waals surface area contributed by atoms with Gasteiger partial charge in [0.1, 0.15) is 0 Å². The second-order valence-corrected chi connectivity index (χ2v) is 5.50. The highest BCUT2D eigenvalue weighted by molar-refractivity contribution is 7.18. The fourth-order valence-electron chi connectivity index (χ4n) is 2.08. The van der Waals surface area contributed by atoms with E-state index in [0.29, 0.717) is 0 Å². The number of thiazole rings is 1. The summed E-state index contributed by atoms with van der Waals surface area (Å²) >= 11 is 1.66. The topological polar surface area (TPSA) is 62.4 Å². The van der Waals surface area contributed by atoms with Crippen molar-refractivity contribution < 1.29 is 5.11 Å². The summed E-state index contributed by atoms with van der Waals surface area (Å²) in [6, 6.07) is 4.05. The maximum absolute atomic E-state index is 8.93. The van der Waals surface area contributed by atoms with Crippen LogP contribution < -0.4 is 10.6 Å². The molecule has 5 heteroatoms. The zero-order valence-electron chi connectivity index (χ0n) is 10.8. The van der Waals surface area contributed by atoms with E-state index in [1.165, 1.54) is 0 Å². The number of anilines is 2. The van der Waals surface area contributed by atoms with E-state index in [0.717, 1.165) is 46.1 Å². The highest BCUT2D eigenvalue weighted by Gasteiger charge is 2.11. The largest absolute Gasteiger partial charge is 0.397 e. The van der Waals surface area contributed by atoms with Crippen molar-refractivity contribution in [3.8, 4) is 0 Å². The molecule has 0 amide bonds. The number of aliphatic hydroxyl groups is 1. The Morgan fingerprint density at radius 2 is 2.22 bits per heavy atom. The molecule has 0 radical (unpaired) electrons. The average Bonchev–Trinajstić information content (AvgIpc) is 2.69. The van der Waals surface area contributed by atoms with Gasteiger partial charge < -0.3 is 15.7 Å². The van der Waals surface area contributed by atoms with E-state index < -0.39 is 0 Å². The smallest absolute Gasteiger partial charge is 0.0907 e. The van der Waals surface area contributed by atoms with Crippen molar-refractivity contribution in [2.75, 3.05) is 30.3 Å². The summed E-state index contributed by atoms with van der Waals surface area (Å²) < 4.78 is 1.13. The minimum absolute atomic E-state index is 0.203. The van der Waals surface area contributed by atoms with Crippen LogP contribution in [-0.4, -0.2) is 29.8 Å². The van der Waals surface area contributed by atoms with E-state index >= 15 is 0 Å². The van der Waals surface area contributed by atoms with Crippen LogP contribution in [0.3, 0.4) is 0 Å². The molecule has 0 saturated heterocycles. The molecule has 0 spiro atoms. The molecule has 0 aliphatic rings. The van der Waals surface area contributed by atoms with Gasteiger partial charge >= 0.3 is 0 Å². The third-order valence-corrected chi connectivity index (χ3v) is 3.89. The highest BCUT2D eigenvalue weighted by Crippen LogP contribution is 2.32. The number of rotatable bonds is 5. The summed E-state index contributed by atoms with van der Waals surface area (Å²) in [6.45, 7) is 5.98. The molecule has 0 atom stereocenters. The minimum Gasteiger partial charge on any atom is -0.397 e. The summed E-state index contributed by atoms with van der Waals surface area (Å²) in [4.78, 5) is 6.68. The number of hydrogen-bond donors (Lipinski definition) is 2. The van der Waals surface area contributed by atoms with Crippen molar-refractivity contribution in [1.29, 1.82) is 0 Å². The maximum Gasteiger partial charge on any atom is 0.0907 e. The van der Waals surface area contributed by atoms with Gasteiger partial charge in [-0.3, -0.25) is 0 Å². The normalized spacial score (nSPS) is 11.1. The van der Waals surface area contributed by atoms with Crippen molar-refractivity contribution >= 4 is 32.9 Å². The Morgan fingerprint density at radius 1 is 1.44 bits per heavy atom. The summed E-state index contributed by atoms with van der Waals surface area (Å²) in [5, 5.41) is 9.99. The number of nitrogens with two attached hydrogens (primary N) is 1. The van der Waals surface area contributed by atoms with E-state index in [-0.39, 0.29) is 6.61 Å². The number of nitrogen functional groups attached to an aromatic ring is 1. The Bertz CT molecular complexity index is 538. The van der Waals surface area contributed by atoms with E-state index in [4.69, 9.17) is 10.8 Å². The van der Waals surface area contributed by atoms with Crippen LogP contribution in [0.15, 0.2) is 12.1 Å². The number of aromatic nitrogens is 1.